The van der Waals surface area contributed by atoms with Crippen molar-refractivity contribution in [2.24, 2.45) is 5.73 Å². The molecule has 0 saturated carbocycles. The van der Waals surface area contributed by atoms with E-state index in [9.17, 15) is 14.9 Å². The second kappa shape index (κ2) is 5.57. The number of nitrogens with zero attached hydrogens (tertiary/aromatic N) is 2. The van der Waals surface area contributed by atoms with Gasteiger partial charge in [0.15, 0.2) is 5.96 Å². The molecule has 1 amide bonds. The van der Waals surface area contributed by atoms with E-state index in [4.69, 9.17) is 11.1 Å². The van der Waals surface area contributed by atoms with Crippen LogP contribution < -0.4 is 5.73 Å². The summed E-state index contributed by atoms with van der Waals surface area (Å²) in [7, 11) is 1.35. The molecule has 0 bridgehead atoms. The number of nitrogens with one attached hydrogen (secondary N) is 2. The van der Waals surface area contributed by atoms with Crippen LogP contribution in [-0.2, 0) is 0 Å². The quantitative estimate of drug-likeness (QED) is 0.335. The molecule has 0 fully saturated rings. The van der Waals surface area contributed by atoms with Crippen molar-refractivity contribution < 1.29 is 9.72 Å². The van der Waals surface area contributed by atoms with Gasteiger partial charge in [-0.2, -0.15) is 0 Å². The highest BCUT2D eigenvalue weighted by Gasteiger charge is 2.19. The van der Waals surface area contributed by atoms with Crippen molar-refractivity contribution in [1.29, 1.82) is 5.41 Å². The molecule has 0 radical (unpaired) electrons. The maximum Gasteiger partial charge on any atom is 0.293 e. The maximum absolute atomic E-state index is 11.9. The topological polar surface area (TPSA) is 129 Å². The number of hydrogen-bond donors (Lipinski definition) is 3. The Kier molecular flexibility index (Phi) is 4.31. The minimum Gasteiger partial charge on any atom is -0.370 e. The van der Waals surface area contributed by atoms with Gasteiger partial charge in [0.05, 0.1) is 4.92 Å². The first-order valence-corrected chi connectivity index (χ1v) is 5.30. The van der Waals surface area contributed by atoms with Crippen LogP contribution in [0.25, 0.3) is 10.9 Å². The van der Waals surface area contributed by atoms with Gasteiger partial charge >= 0.3 is 0 Å². The lowest BCUT2D eigenvalue weighted by Gasteiger charge is -2.12. The van der Waals surface area contributed by atoms with Crippen molar-refractivity contribution in [3.05, 3.63) is 40.1 Å². The number of nitrogens with two attached hydrogens (primary N) is 1. The average molecular weight is 298 g/mol. The number of benzene rings is 1. The average Bonchev–Trinajstić information content (AvgIpc) is 2.79. The second-order valence-corrected chi connectivity index (χ2v) is 3.93. The lowest BCUT2D eigenvalue weighted by atomic mass is 10.2. The number of aromatic nitrogens is 1. The third-order valence-corrected chi connectivity index (χ3v) is 2.73. The smallest absolute Gasteiger partial charge is 0.293 e. The Morgan fingerprint density at radius 1 is 1.50 bits per heavy atom. The largest absolute Gasteiger partial charge is 0.370 e. The Morgan fingerprint density at radius 3 is 2.70 bits per heavy atom. The van der Waals surface area contributed by atoms with Gasteiger partial charge in [-0.15, -0.1) is 12.4 Å². The lowest BCUT2D eigenvalue weighted by molar-refractivity contribution is -0.383. The second-order valence-electron chi connectivity index (χ2n) is 3.93. The number of halogens is 1. The number of aromatic amines is 1. The molecule has 0 aliphatic carbocycles. The van der Waals surface area contributed by atoms with Crippen LogP contribution in [0.15, 0.2) is 24.3 Å². The number of non-ortho nitro benzene ring substituents is 1. The highest BCUT2D eigenvalue weighted by Crippen LogP contribution is 2.25. The summed E-state index contributed by atoms with van der Waals surface area (Å²) in [6, 6.07) is 6.03. The number of carbonyl (C=O) groups excluding carboxylic acids is 1. The van der Waals surface area contributed by atoms with E-state index in [0.717, 1.165) is 4.90 Å². The molecule has 1 aromatic carbocycles. The number of para-hydroxylation sites is 1. The Bertz CT molecular complexity index is 696. The Balaban J connectivity index is 0.00000200. The maximum atomic E-state index is 11.9. The summed E-state index contributed by atoms with van der Waals surface area (Å²) in [6.07, 6.45) is 0. The van der Waals surface area contributed by atoms with Crippen molar-refractivity contribution in [1.82, 2.24) is 9.88 Å². The van der Waals surface area contributed by atoms with Crippen LogP contribution in [0.5, 0.6) is 0 Å². The van der Waals surface area contributed by atoms with Gasteiger partial charge in [-0.3, -0.25) is 25.2 Å². The van der Waals surface area contributed by atoms with Crippen molar-refractivity contribution in [2.45, 2.75) is 0 Å². The van der Waals surface area contributed by atoms with E-state index in [1.165, 1.54) is 25.2 Å². The molecule has 4 N–H and O–H groups in total. The predicted molar refractivity (Wildman–Crippen MR) is 76.2 cm³/mol. The molecule has 0 aliphatic rings. The first-order valence-electron chi connectivity index (χ1n) is 5.30. The first-order chi connectivity index (χ1) is 8.91. The lowest BCUT2D eigenvalue weighted by Crippen LogP contribution is -2.38. The van der Waals surface area contributed by atoms with Crippen molar-refractivity contribution >= 4 is 40.9 Å². The van der Waals surface area contributed by atoms with Gasteiger partial charge in [0.25, 0.3) is 11.6 Å². The number of nitro benzene ring substituents is 1. The highest BCUT2D eigenvalue weighted by atomic mass is 35.5. The number of carbonyl (C=O) groups is 1. The van der Waals surface area contributed by atoms with Gasteiger partial charge in [-0.25, -0.2) is 0 Å². The van der Waals surface area contributed by atoms with Crippen LogP contribution in [0.2, 0.25) is 0 Å². The number of H-pyrrole nitrogens is 1. The number of hydrogen-bond acceptors (Lipinski definition) is 4. The van der Waals surface area contributed by atoms with E-state index in [2.05, 4.69) is 4.98 Å². The summed E-state index contributed by atoms with van der Waals surface area (Å²) in [4.78, 5) is 25.9. The molecule has 2 aromatic rings. The van der Waals surface area contributed by atoms with Crippen LogP contribution in [-0.4, -0.2) is 33.7 Å². The fourth-order valence-corrected chi connectivity index (χ4v) is 1.70. The molecule has 9 heteroatoms. The first kappa shape index (κ1) is 15.4. The summed E-state index contributed by atoms with van der Waals surface area (Å²) < 4.78 is 0. The van der Waals surface area contributed by atoms with Gasteiger partial charge < -0.3 is 10.7 Å². The normalized spacial score (nSPS) is 9.85. The van der Waals surface area contributed by atoms with Crippen molar-refractivity contribution in [2.75, 3.05) is 7.05 Å². The Morgan fingerprint density at radius 2 is 2.15 bits per heavy atom. The molecule has 1 aromatic heterocycles. The number of guanidine groups is 1. The summed E-state index contributed by atoms with van der Waals surface area (Å²) in [5.41, 5.74) is 5.52. The van der Waals surface area contributed by atoms with E-state index >= 15 is 0 Å². The summed E-state index contributed by atoms with van der Waals surface area (Å²) in [5.74, 6) is -0.934. The predicted octanol–water partition coefficient (Wildman–Crippen LogP) is 1.46. The van der Waals surface area contributed by atoms with Gasteiger partial charge in [0.2, 0.25) is 0 Å². The molecule has 1 heterocycles. The zero-order valence-corrected chi connectivity index (χ0v) is 11.2. The molecule has 0 spiro atoms. The standard InChI is InChI=1S/C11H11N5O3.ClH/c1-15(11(12)13)10(17)7-5-6-3-2-4-8(16(18)19)9(6)14-7;/h2-5,14H,1H3,(H3,12,13);1H. The van der Waals surface area contributed by atoms with Gasteiger partial charge in [0.1, 0.15) is 11.2 Å². The minimum absolute atomic E-state index is 0. The fourth-order valence-electron chi connectivity index (χ4n) is 1.70. The minimum atomic E-state index is -0.530. The molecule has 106 valence electrons. The molecule has 0 unspecified atom stereocenters. The zero-order chi connectivity index (χ0) is 14.2. The van der Waals surface area contributed by atoms with E-state index in [0.29, 0.717) is 5.39 Å². The Hall–Kier alpha value is -2.61. The van der Waals surface area contributed by atoms with Gasteiger partial charge in [0, 0.05) is 18.5 Å². The number of nitro groups is 1. The van der Waals surface area contributed by atoms with E-state index in [-0.39, 0.29) is 29.3 Å². The number of fused-ring (bicyclic) bond motifs is 1. The molecule has 0 atom stereocenters. The molecular formula is C11H12ClN5O3. The molecular weight excluding hydrogens is 286 g/mol. The van der Waals surface area contributed by atoms with Crippen LogP contribution in [0.4, 0.5) is 5.69 Å². The Labute approximate surface area is 119 Å². The monoisotopic (exact) mass is 297 g/mol. The molecule has 2 rings (SSSR count). The number of rotatable bonds is 2. The number of amides is 1. The summed E-state index contributed by atoms with van der Waals surface area (Å²) in [5, 5.41) is 18.6. The summed E-state index contributed by atoms with van der Waals surface area (Å²) >= 11 is 0. The van der Waals surface area contributed by atoms with E-state index in [1.807, 2.05) is 0 Å². The third-order valence-electron chi connectivity index (χ3n) is 2.73. The van der Waals surface area contributed by atoms with Crippen LogP contribution in [0.1, 0.15) is 10.5 Å². The zero-order valence-electron chi connectivity index (χ0n) is 10.4. The highest BCUT2D eigenvalue weighted by molar-refractivity contribution is 6.06. The van der Waals surface area contributed by atoms with Crippen molar-refractivity contribution in [3.63, 3.8) is 0 Å². The molecule has 8 nitrogen and oxygen atoms in total. The van der Waals surface area contributed by atoms with Crippen LogP contribution in [0.3, 0.4) is 0 Å². The molecule has 0 aliphatic heterocycles. The van der Waals surface area contributed by atoms with E-state index < -0.39 is 16.8 Å². The van der Waals surface area contributed by atoms with Crippen LogP contribution >= 0.6 is 12.4 Å². The third kappa shape index (κ3) is 2.54. The van der Waals surface area contributed by atoms with E-state index in [1.54, 1.807) is 6.07 Å². The fraction of sp³-hybridized carbons (Fsp3) is 0.0909. The van der Waals surface area contributed by atoms with Crippen molar-refractivity contribution in [3.8, 4) is 0 Å². The van der Waals surface area contributed by atoms with Gasteiger partial charge in [-0.05, 0) is 6.07 Å². The SMILES string of the molecule is CN(C(=N)N)C(=O)c1cc2cccc([N+](=O)[O-])c2[nH]1.Cl. The van der Waals surface area contributed by atoms with Gasteiger partial charge in [-0.1, -0.05) is 12.1 Å². The van der Waals surface area contributed by atoms with Crippen LogP contribution in [0, 0.1) is 15.5 Å². The molecule has 0 saturated heterocycles. The molecule has 20 heavy (non-hydrogen) atoms. The summed E-state index contributed by atoms with van der Waals surface area (Å²) in [6.45, 7) is 0.